The summed E-state index contributed by atoms with van der Waals surface area (Å²) >= 11 is 12.6. The van der Waals surface area contributed by atoms with Crippen LogP contribution in [-0.2, 0) is 6.54 Å². The van der Waals surface area contributed by atoms with Gasteiger partial charge in [-0.2, -0.15) is 0 Å². The third kappa shape index (κ3) is 2.30. The summed E-state index contributed by atoms with van der Waals surface area (Å²) in [4.78, 5) is 6.53. The van der Waals surface area contributed by atoms with Crippen LogP contribution >= 0.6 is 23.2 Å². The van der Waals surface area contributed by atoms with Crippen molar-refractivity contribution in [3.63, 3.8) is 0 Å². The lowest BCUT2D eigenvalue weighted by atomic mass is 10.1. The highest BCUT2D eigenvalue weighted by Crippen LogP contribution is 2.35. The molecule has 0 aliphatic carbocycles. The van der Waals surface area contributed by atoms with Crippen LogP contribution in [0.25, 0.3) is 0 Å². The summed E-state index contributed by atoms with van der Waals surface area (Å²) in [5.41, 5.74) is 5.16. The van der Waals surface area contributed by atoms with Crippen LogP contribution < -0.4 is 4.90 Å². The molecule has 0 unspecified atom stereocenters. The predicted octanol–water partition coefficient (Wildman–Crippen LogP) is 5.29. The standard InChI is InChI=1S/C16H14Cl2N2/c1-10-3-5-12(7-14(10)17)20-8-13-15(19-9-20)6-4-11(2)16(13)18/h3-7,9H,8H2,1-2H3. The number of anilines is 1. The molecule has 1 aliphatic heterocycles. The van der Waals surface area contributed by atoms with E-state index in [1.165, 1.54) is 0 Å². The van der Waals surface area contributed by atoms with Crippen molar-refractivity contribution in [2.45, 2.75) is 20.4 Å². The van der Waals surface area contributed by atoms with Crippen LogP contribution in [0.4, 0.5) is 11.4 Å². The third-order valence-corrected chi connectivity index (χ3v) is 4.50. The molecule has 0 fully saturated rings. The zero-order valence-corrected chi connectivity index (χ0v) is 12.8. The first kappa shape index (κ1) is 13.5. The van der Waals surface area contributed by atoms with Crippen LogP contribution in [0, 0.1) is 13.8 Å². The van der Waals surface area contributed by atoms with Gasteiger partial charge in [-0.15, -0.1) is 0 Å². The molecule has 0 aromatic heterocycles. The van der Waals surface area contributed by atoms with Crippen molar-refractivity contribution in [3.05, 3.63) is 57.1 Å². The maximum absolute atomic E-state index is 6.39. The number of benzene rings is 2. The molecule has 2 aromatic carbocycles. The number of hydrogen-bond acceptors (Lipinski definition) is 2. The van der Waals surface area contributed by atoms with Gasteiger partial charge in [0.15, 0.2) is 0 Å². The van der Waals surface area contributed by atoms with Gasteiger partial charge in [0.05, 0.1) is 23.6 Å². The minimum absolute atomic E-state index is 0.707. The summed E-state index contributed by atoms with van der Waals surface area (Å²) in [5.74, 6) is 0. The molecule has 0 radical (unpaired) electrons. The molecule has 2 nitrogen and oxygen atoms in total. The van der Waals surface area contributed by atoms with Crippen molar-refractivity contribution in [2.75, 3.05) is 4.90 Å². The Labute approximate surface area is 128 Å². The van der Waals surface area contributed by atoms with E-state index in [2.05, 4.69) is 9.89 Å². The van der Waals surface area contributed by atoms with Crippen molar-refractivity contribution in [2.24, 2.45) is 4.99 Å². The lowest BCUT2D eigenvalue weighted by Gasteiger charge is -2.26. The summed E-state index contributed by atoms with van der Waals surface area (Å²) < 4.78 is 0. The normalized spacial score (nSPS) is 13.5. The van der Waals surface area contributed by atoms with E-state index in [0.717, 1.165) is 38.1 Å². The highest BCUT2D eigenvalue weighted by molar-refractivity contribution is 6.32. The monoisotopic (exact) mass is 304 g/mol. The second kappa shape index (κ2) is 5.12. The third-order valence-electron chi connectivity index (χ3n) is 3.56. The molecule has 0 saturated heterocycles. The van der Waals surface area contributed by atoms with Gasteiger partial charge in [0, 0.05) is 16.3 Å². The molecular weight excluding hydrogens is 291 g/mol. The molecule has 1 aliphatic rings. The van der Waals surface area contributed by atoms with E-state index in [9.17, 15) is 0 Å². The van der Waals surface area contributed by atoms with Crippen LogP contribution in [0.3, 0.4) is 0 Å². The Hall–Kier alpha value is -1.51. The Bertz CT molecular complexity index is 708. The topological polar surface area (TPSA) is 15.6 Å². The van der Waals surface area contributed by atoms with Gasteiger partial charge in [0.1, 0.15) is 0 Å². The van der Waals surface area contributed by atoms with Crippen molar-refractivity contribution in [1.82, 2.24) is 0 Å². The Morgan fingerprint density at radius 1 is 1.05 bits per heavy atom. The predicted molar refractivity (Wildman–Crippen MR) is 86.7 cm³/mol. The van der Waals surface area contributed by atoms with Gasteiger partial charge >= 0.3 is 0 Å². The van der Waals surface area contributed by atoms with E-state index in [0.29, 0.717) is 6.54 Å². The number of aryl methyl sites for hydroxylation is 2. The number of nitrogens with zero attached hydrogens (tertiary/aromatic N) is 2. The van der Waals surface area contributed by atoms with Crippen LogP contribution in [0.2, 0.25) is 10.0 Å². The first-order chi connectivity index (χ1) is 9.56. The van der Waals surface area contributed by atoms with Gasteiger partial charge in [0.25, 0.3) is 0 Å². The van der Waals surface area contributed by atoms with Crippen molar-refractivity contribution < 1.29 is 0 Å². The zero-order chi connectivity index (χ0) is 14.3. The fourth-order valence-electron chi connectivity index (χ4n) is 2.26. The second-order valence-electron chi connectivity index (χ2n) is 5.00. The Morgan fingerprint density at radius 2 is 1.80 bits per heavy atom. The molecule has 0 spiro atoms. The molecule has 0 bridgehead atoms. The minimum atomic E-state index is 0.707. The Morgan fingerprint density at radius 3 is 2.55 bits per heavy atom. The highest BCUT2D eigenvalue weighted by Gasteiger charge is 2.17. The number of rotatable bonds is 1. The van der Waals surface area contributed by atoms with Gasteiger partial charge in [-0.25, -0.2) is 4.99 Å². The number of fused-ring (bicyclic) bond motifs is 1. The van der Waals surface area contributed by atoms with Crippen molar-refractivity contribution >= 4 is 40.9 Å². The van der Waals surface area contributed by atoms with E-state index in [4.69, 9.17) is 23.2 Å². The zero-order valence-electron chi connectivity index (χ0n) is 11.3. The van der Waals surface area contributed by atoms with Gasteiger partial charge in [0.2, 0.25) is 0 Å². The Kier molecular flexibility index (Phi) is 3.45. The maximum atomic E-state index is 6.39. The quantitative estimate of drug-likeness (QED) is 0.699. The molecule has 2 aromatic rings. The highest BCUT2D eigenvalue weighted by atomic mass is 35.5. The maximum Gasteiger partial charge on any atom is 0.0960 e. The fraction of sp³-hybridized carbons (Fsp3) is 0.188. The fourth-order valence-corrected chi connectivity index (χ4v) is 2.66. The van der Waals surface area contributed by atoms with Gasteiger partial charge < -0.3 is 4.90 Å². The van der Waals surface area contributed by atoms with Crippen molar-refractivity contribution in [1.29, 1.82) is 0 Å². The molecule has 0 N–H and O–H groups in total. The van der Waals surface area contributed by atoms with Gasteiger partial charge in [-0.05, 0) is 43.2 Å². The van der Waals surface area contributed by atoms with Crippen LogP contribution in [0.1, 0.15) is 16.7 Å². The molecule has 0 amide bonds. The van der Waals surface area contributed by atoms with E-state index in [1.54, 1.807) is 0 Å². The molecule has 0 saturated carbocycles. The molecule has 1 heterocycles. The van der Waals surface area contributed by atoms with Gasteiger partial charge in [-0.1, -0.05) is 35.3 Å². The first-order valence-corrected chi connectivity index (χ1v) is 7.17. The van der Waals surface area contributed by atoms with Crippen LogP contribution in [0.5, 0.6) is 0 Å². The molecule has 3 rings (SSSR count). The lowest BCUT2D eigenvalue weighted by Crippen LogP contribution is -2.23. The number of aliphatic imine (C=N–C) groups is 1. The van der Waals surface area contributed by atoms with E-state index < -0.39 is 0 Å². The number of halogens is 2. The van der Waals surface area contributed by atoms with E-state index in [-0.39, 0.29) is 0 Å². The van der Waals surface area contributed by atoms with Crippen LogP contribution in [0.15, 0.2) is 35.3 Å². The average molecular weight is 305 g/mol. The summed E-state index contributed by atoms with van der Waals surface area (Å²) in [6.45, 7) is 4.71. The average Bonchev–Trinajstić information content (AvgIpc) is 2.46. The second-order valence-corrected chi connectivity index (χ2v) is 5.79. The molecular formula is C16H14Cl2N2. The SMILES string of the molecule is Cc1ccc(N2C=Nc3ccc(C)c(Cl)c3C2)cc1Cl. The summed E-state index contributed by atoms with van der Waals surface area (Å²) in [6.07, 6.45) is 1.83. The molecule has 102 valence electrons. The summed E-state index contributed by atoms with van der Waals surface area (Å²) in [7, 11) is 0. The summed E-state index contributed by atoms with van der Waals surface area (Å²) in [5, 5.41) is 1.56. The minimum Gasteiger partial charge on any atom is -0.328 e. The van der Waals surface area contributed by atoms with E-state index in [1.807, 2.05) is 50.5 Å². The van der Waals surface area contributed by atoms with Gasteiger partial charge in [-0.3, -0.25) is 0 Å². The lowest BCUT2D eigenvalue weighted by molar-refractivity contribution is 0.993. The van der Waals surface area contributed by atoms with Crippen LogP contribution in [-0.4, -0.2) is 6.34 Å². The first-order valence-electron chi connectivity index (χ1n) is 6.41. The van der Waals surface area contributed by atoms with E-state index >= 15 is 0 Å². The molecule has 4 heteroatoms. The smallest absolute Gasteiger partial charge is 0.0960 e. The largest absolute Gasteiger partial charge is 0.328 e. The molecule has 20 heavy (non-hydrogen) atoms. The Balaban J connectivity index is 1.99. The molecule has 0 atom stereocenters. The van der Waals surface area contributed by atoms with Crippen molar-refractivity contribution in [3.8, 4) is 0 Å². The summed E-state index contributed by atoms with van der Waals surface area (Å²) in [6, 6.07) is 10.0. The number of hydrogen-bond donors (Lipinski definition) is 0.